The van der Waals surface area contributed by atoms with Crippen LogP contribution in [0.1, 0.15) is 34.1 Å². The van der Waals surface area contributed by atoms with Crippen LogP contribution in [0.5, 0.6) is 0 Å². The zero-order valence-corrected chi connectivity index (χ0v) is 18.1. The highest BCUT2D eigenvalue weighted by Gasteiger charge is 2.08. The fourth-order valence-corrected chi connectivity index (χ4v) is 2.62. The quantitative estimate of drug-likeness (QED) is 0.228. The first-order valence-corrected chi connectivity index (χ1v) is 10.1. The van der Waals surface area contributed by atoms with Crippen LogP contribution in [-0.4, -0.2) is 29.3 Å². The maximum atomic E-state index is 9.79. The Hall–Kier alpha value is -2.37. The van der Waals surface area contributed by atoms with Crippen LogP contribution >= 0.6 is 11.8 Å². The molecule has 0 fully saturated rings. The van der Waals surface area contributed by atoms with Gasteiger partial charge in [0.15, 0.2) is 0 Å². The molecule has 1 aromatic carbocycles. The van der Waals surface area contributed by atoms with E-state index in [0.29, 0.717) is 5.70 Å². The van der Waals surface area contributed by atoms with E-state index in [1.54, 1.807) is 24.1 Å². The Bertz CT molecular complexity index is 741. The van der Waals surface area contributed by atoms with Crippen molar-refractivity contribution in [1.29, 1.82) is 0 Å². The third-order valence-corrected chi connectivity index (χ3v) is 4.26. The molecule has 0 saturated carbocycles. The van der Waals surface area contributed by atoms with Crippen molar-refractivity contribution in [3.05, 3.63) is 77.9 Å². The summed E-state index contributed by atoms with van der Waals surface area (Å²) in [6.07, 6.45) is 11.6. The summed E-state index contributed by atoms with van der Waals surface area (Å²) in [4.78, 5) is 1.16. The first-order valence-electron chi connectivity index (χ1n) is 9.20. The topological polar surface area (TPSA) is 48.2 Å². The normalized spacial score (nSPS) is 13.8. The molecule has 0 aliphatic rings. The van der Waals surface area contributed by atoms with Gasteiger partial charge in [-0.25, -0.2) is 0 Å². The van der Waals surface area contributed by atoms with Crippen LogP contribution in [0.3, 0.4) is 0 Å². The highest BCUT2D eigenvalue weighted by molar-refractivity contribution is 8.02. The number of rotatable bonds is 10. The Morgan fingerprint density at radius 3 is 2.46 bits per heavy atom. The molecule has 1 N–H and O–H groups in total. The standard InChI is InChI=1S/C23H31N3OS/c1-6-15-24-26(21(19-27)18-20(2)13-14-23(3,4)5)25-16-10-17-28-22-11-8-7-9-12-22/h6-13,15-18,27H,1,14,19H2,2-5H3/b17-10+,20-13-,21-18+,24-15+,25-16+. The van der Waals surface area contributed by atoms with E-state index in [0.717, 1.165) is 16.9 Å². The van der Waals surface area contributed by atoms with Crippen LogP contribution in [0.25, 0.3) is 0 Å². The first kappa shape index (κ1) is 23.7. The zero-order chi connectivity index (χ0) is 20.8. The zero-order valence-electron chi connectivity index (χ0n) is 17.2. The van der Waals surface area contributed by atoms with Gasteiger partial charge in [-0.05, 0) is 54.5 Å². The number of hydrazone groups is 2. The second-order valence-corrected chi connectivity index (χ2v) is 8.30. The monoisotopic (exact) mass is 397 g/mol. The predicted molar refractivity (Wildman–Crippen MR) is 123 cm³/mol. The van der Waals surface area contributed by atoms with Gasteiger partial charge in [0, 0.05) is 11.1 Å². The number of nitrogens with zero attached hydrogens (tertiary/aromatic N) is 3. The Morgan fingerprint density at radius 2 is 1.86 bits per heavy atom. The number of aliphatic hydroxyl groups excluding tert-OH is 1. The average molecular weight is 398 g/mol. The molecule has 1 rings (SSSR count). The third kappa shape index (κ3) is 10.7. The number of benzene rings is 1. The molecule has 0 spiro atoms. The molecular formula is C23H31N3OS. The van der Waals surface area contributed by atoms with Crippen LogP contribution < -0.4 is 0 Å². The van der Waals surface area contributed by atoms with E-state index >= 15 is 0 Å². The highest BCUT2D eigenvalue weighted by Crippen LogP contribution is 2.21. The second kappa shape index (κ2) is 12.9. The number of hydrogen-bond acceptors (Lipinski definition) is 5. The third-order valence-electron chi connectivity index (χ3n) is 3.42. The van der Waals surface area contributed by atoms with E-state index in [2.05, 4.69) is 43.6 Å². The van der Waals surface area contributed by atoms with Crippen LogP contribution in [0.15, 0.2) is 93.0 Å². The first-order chi connectivity index (χ1) is 13.4. The Balaban J connectivity index is 2.87. The largest absolute Gasteiger partial charge is 0.390 e. The molecule has 4 nitrogen and oxygen atoms in total. The molecule has 0 bridgehead atoms. The van der Waals surface area contributed by atoms with Crippen LogP contribution in [-0.2, 0) is 0 Å². The molecule has 0 amide bonds. The van der Waals surface area contributed by atoms with Crippen molar-refractivity contribution < 1.29 is 5.11 Å². The SMILES string of the molecule is C=C/C=N/N(/N=C/C=C/Sc1ccccc1)/C(=C/C(C)=C\CC(C)(C)C)CO. The van der Waals surface area contributed by atoms with Crippen molar-refractivity contribution in [3.63, 3.8) is 0 Å². The minimum absolute atomic E-state index is 0.172. The van der Waals surface area contributed by atoms with E-state index in [-0.39, 0.29) is 12.0 Å². The number of hydrogen-bond donors (Lipinski definition) is 1. The van der Waals surface area contributed by atoms with Crippen molar-refractivity contribution in [2.45, 2.75) is 39.0 Å². The van der Waals surface area contributed by atoms with Gasteiger partial charge in [-0.3, -0.25) is 0 Å². The summed E-state index contributed by atoms with van der Waals surface area (Å²) in [5.41, 5.74) is 1.86. The molecule has 0 atom stereocenters. The molecular weight excluding hydrogens is 366 g/mol. The summed E-state index contributed by atoms with van der Waals surface area (Å²) in [5, 5.41) is 21.7. The molecule has 5 heteroatoms. The van der Waals surface area contributed by atoms with Gasteiger partial charge >= 0.3 is 0 Å². The summed E-state index contributed by atoms with van der Waals surface area (Å²) in [6, 6.07) is 10.1. The van der Waals surface area contributed by atoms with Crippen LogP contribution in [0, 0.1) is 5.41 Å². The van der Waals surface area contributed by atoms with Crippen molar-refractivity contribution in [2.75, 3.05) is 6.61 Å². The molecule has 28 heavy (non-hydrogen) atoms. The van der Waals surface area contributed by atoms with Crippen LogP contribution in [0.4, 0.5) is 0 Å². The fourth-order valence-electron chi connectivity index (χ4n) is 2.00. The lowest BCUT2D eigenvalue weighted by Gasteiger charge is -2.16. The van der Waals surface area contributed by atoms with E-state index in [1.807, 2.05) is 54.8 Å². The van der Waals surface area contributed by atoms with Gasteiger partial charge in [-0.15, -0.1) is 0 Å². The smallest absolute Gasteiger partial charge is 0.0887 e. The van der Waals surface area contributed by atoms with Gasteiger partial charge < -0.3 is 5.11 Å². The summed E-state index contributed by atoms with van der Waals surface area (Å²) in [6.45, 7) is 12.1. The number of aliphatic hydroxyl groups is 1. The van der Waals surface area contributed by atoms with Gasteiger partial charge in [-0.1, -0.05) is 69.0 Å². The molecule has 0 aliphatic heterocycles. The molecule has 0 saturated heterocycles. The molecule has 0 heterocycles. The van der Waals surface area contributed by atoms with Crippen molar-refractivity contribution in [1.82, 2.24) is 5.12 Å². The van der Waals surface area contributed by atoms with Crippen LogP contribution in [0.2, 0.25) is 0 Å². The summed E-state index contributed by atoms with van der Waals surface area (Å²) >= 11 is 1.61. The van der Waals surface area contributed by atoms with Crippen molar-refractivity contribution in [2.24, 2.45) is 15.6 Å². The van der Waals surface area contributed by atoms with Gasteiger partial charge in [0.2, 0.25) is 0 Å². The van der Waals surface area contributed by atoms with E-state index in [4.69, 9.17) is 0 Å². The molecule has 150 valence electrons. The molecule has 0 unspecified atom stereocenters. The summed E-state index contributed by atoms with van der Waals surface area (Å²) in [5.74, 6) is 0. The Labute approximate surface area is 173 Å². The average Bonchev–Trinajstić information content (AvgIpc) is 2.67. The van der Waals surface area contributed by atoms with Crippen molar-refractivity contribution >= 4 is 24.2 Å². The molecule has 0 aromatic heterocycles. The van der Waals surface area contributed by atoms with E-state index in [1.165, 1.54) is 11.3 Å². The minimum Gasteiger partial charge on any atom is -0.390 e. The molecule has 0 radical (unpaired) electrons. The second-order valence-electron chi connectivity index (χ2n) is 7.32. The lowest BCUT2D eigenvalue weighted by Crippen LogP contribution is -2.13. The maximum Gasteiger partial charge on any atom is 0.0887 e. The highest BCUT2D eigenvalue weighted by atomic mass is 32.2. The Morgan fingerprint density at radius 1 is 1.18 bits per heavy atom. The van der Waals surface area contributed by atoms with E-state index in [9.17, 15) is 5.11 Å². The lowest BCUT2D eigenvalue weighted by atomic mass is 9.91. The summed E-state index contributed by atoms with van der Waals surface area (Å²) in [7, 11) is 0. The molecule has 0 aliphatic carbocycles. The predicted octanol–water partition coefficient (Wildman–Crippen LogP) is 6.01. The van der Waals surface area contributed by atoms with Gasteiger partial charge in [0.05, 0.1) is 18.5 Å². The minimum atomic E-state index is -0.172. The van der Waals surface area contributed by atoms with E-state index < -0.39 is 0 Å². The molecule has 1 aromatic rings. The fraction of sp³-hybridized carbons (Fsp3) is 0.304. The van der Waals surface area contributed by atoms with Crippen molar-refractivity contribution in [3.8, 4) is 0 Å². The summed E-state index contributed by atoms with van der Waals surface area (Å²) < 4.78 is 0. The van der Waals surface area contributed by atoms with Gasteiger partial charge in [0.25, 0.3) is 0 Å². The lowest BCUT2D eigenvalue weighted by molar-refractivity contribution is 0.263. The van der Waals surface area contributed by atoms with Gasteiger partial charge in [0.1, 0.15) is 0 Å². The van der Waals surface area contributed by atoms with Gasteiger partial charge in [-0.2, -0.15) is 15.3 Å². The Kier molecular flexibility index (Phi) is 10.9. The number of allylic oxidation sites excluding steroid dienone is 5. The maximum absolute atomic E-state index is 9.79. The number of thioether (sulfide) groups is 1.